The Balaban J connectivity index is 1.16. The molecule has 0 aliphatic heterocycles. The predicted molar refractivity (Wildman–Crippen MR) is 225 cm³/mol. The smallest absolute Gasteiger partial charge is 0.160 e. The topological polar surface area (TPSA) is 25.8 Å². The summed E-state index contributed by atoms with van der Waals surface area (Å²) in [5, 5.41) is 5.07. The van der Waals surface area contributed by atoms with Crippen molar-refractivity contribution in [1.82, 2.24) is 9.97 Å². The van der Waals surface area contributed by atoms with Crippen LogP contribution in [0.4, 0.5) is 0 Å². The fourth-order valence-electron chi connectivity index (χ4n) is 7.50. The van der Waals surface area contributed by atoms with Gasteiger partial charge in [0.2, 0.25) is 0 Å². The summed E-state index contributed by atoms with van der Waals surface area (Å²) in [5.41, 5.74) is 11.9. The van der Waals surface area contributed by atoms with Gasteiger partial charge in [-0.3, -0.25) is 0 Å². The van der Waals surface area contributed by atoms with Gasteiger partial charge in [-0.2, -0.15) is 0 Å². The van der Waals surface area contributed by atoms with Crippen LogP contribution in [0.15, 0.2) is 194 Å². The standard InChI is InChI=1S/C50H32N2S/c1-3-13-33(14-4-1)38-29-39(43-22-12-24-48-49(43)44-20-9-10-23-47(44)53-48)31-40(30-38)46-32-45(51-50(52-46)37-16-5-2-6-17-37)36-27-25-35(26-28-36)42-21-11-18-34-15-7-8-19-41(34)42/h1-32H. The molecular weight excluding hydrogens is 661 g/mol. The van der Waals surface area contributed by atoms with E-state index in [0.717, 1.165) is 39.2 Å². The number of benzene rings is 8. The summed E-state index contributed by atoms with van der Waals surface area (Å²) in [5.74, 6) is 0.703. The largest absolute Gasteiger partial charge is 0.228 e. The van der Waals surface area contributed by atoms with Crippen molar-refractivity contribution in [2.75, 3.05) is 0 Å². The van der Waals surface area contributed by atoms with Gasteiger partial charge in [-0.15, -0.1) is 11.3 Å². The van der Waals surface area contributed by atoms with E-state index in [4.69, 9.17) is 9.97 Å². The fourth-order valence-corrected chi connectivity index (χ4v) is 8.63. The van der Waals surface area contributed by atoms with Gasteiger partial charge >= 0.3 is 0 Å². The molecule has 2 heterocycles. The summed E-state index contributed by atoms with van der Waals surface area (Å²) in [6, 6.07) is 69.2. The molecule has 0 aliphatic rings. The number of rotatable bonds is 6. The number of hydrogen-bond acceptors (Lipinski definition) is 3. The summed E-state index contributed by atoms with van der Waals surface area (Å²) in [6.45, 7) is 0. The van der Waals surface area contributed by atoms with Crippen LogP contribution in [0.5, 0.6) is 0 Å². The van der Waals surface area contributed by atoms with Crippen LogP contribution in [-0.2, 0) is 0 Å². The Kier molecular flexibility index (Phi) is 7.71. The third-order valence-corrected chi connectivity index (χ3v) is 11.2. The van der Waals surface area contributed by atoms with Gasteiger partial charge in [0.05, 0.1) is 11.4 Å². The first kappa shape index (κ1) is 31.1. The van der Waals surface area contributed by atoms with Crippen LogP contribution in [-0.4, -0.2) is 9.97 Å². The quantitative estimate of drug-likeness (QED) is 0.173. The monoisotopic (exact) mass is 692 g/mol. The molecular formula is C50H32N2S. The van der Waals surface area contributed by atoms with E-state index in [9.17, 15) is 0 Å². The molecule has 10 aromatic rings. The van der Waals surface area contributed by atoms with E-state index in [-0.39, 0.29) is 0 Å². The van der Waals surface area contributed by atoms with Crippen LogP contribution in [0.25, 0.3) is 98.2 Å². The van der Waals surface area contributed by atoms with Crippen LogP contribution in [0, 0.1) is 0 Å². The lowest BCUT2D eigenvalue weighted by molar-refractivity contribution is 1.18. The average molecular weight is 693 g/mol. The Morgan fingerprint density at radius 1 is 0.321 bits per heavy atom. The van der Waals surface area contributed by atoms with Crippen molar-refractivity contribution in [1.29, 1.82) is 0 Å². The Labute approximate surface area is 312 Å². The predicted octanol–water partition coefficient (Wildman–Crippen LogP) is 14.0. The molecule has 3 heteroatoms. The Bertz CT molecular complexity index is 2920. The SMILES string of the molecule is c1ccc(-c2cc(-c3cc(-c4ccc(-c5cccc6ccccc56)cc4)nc(-c4ccccc4)n3)cc(-c3cccc4sc5ccccc5c34)c2)cc1. The van der Waals surface area contributed by atoms with Gasteiger partial charge < -0.3 is 0 Å². The lowest BCUT2D eigenvalue weighted by Crippen LogP contribution is -1.96. The van der Waals surface area contributed by atoms with Crippen LogP contribution in [0.3, 0.4) is 0 Å². The van der Waals surface area contributed by atoms with Crippen LogP contribution >= 0.6 is 11.3 Å². The molecule has 2 aromatic heterocycles. The normalized spacial score (nSPS) is 11.4. The Morgan fingerprint density at radius 2 is 0.887 bits per heavy atom. The van der Waals surface area contributed by atoms with Crippen molar-refractivity contribution >= 4 is 42.3 Å². The van der Waals surface area contributed by atoms with Crippen LogP contribution in [0.2, 0.25) is 0 Å². The molecule has 0 radical (unpaired) electrons. The average Bonchev–Trinajstić information content (AvgIpc) is 3.63. The van der Waals surface area contributed by atoms with Gasteiger partial charge in [0.25, 0.3) is 0 Å². The van der Waals surface area contributed by atoms with Crippen molar-refractivity contribution in [2.24, 2.45) is 0 Å². The van der Waals surface area contributed by atoms with Crippen molar-refractivity contribution in [2.45, 2.75) is 0 Å². The lowest BCUT2D eigenvalue weighted by atomic mass is 9.92. The number of thiophene rings is 1. The number of aromatic nitrogens is 2. The van der Waals surface area contributed by atoms with Crippen molar-refractivity contribution in [3.8, 4) is 67.3 Å². The van der Waals surface area contributed by atoms with E-state index in [1.54, 1.807) is 0 Å². The zero-order valence-electron chi connectivity index (χ0n) is 28.8. The Morgan fingerprint density at radius 3 is 1.70 bits per heavy atom. The van der Waals surface area contributed by atoms with Gasteiger partial charge in [0.1, 0.15) is 0 Å². The maximum atomic E-state index is 5.26. The van der Waals surface area contributed by atoms with Gasteiger partial charge in [0, 0.05) is 36.9 Å². The van der Waals surface area contributed by atoms with Gasteiger partial charge in [0.15, 0.2) is 5.82 Å². The first-order valence-corrected chi connectivity index (χ1v) is 18.7. The van der Waals surface area contributed by atoms with Crippen LogP contribution in [0.1, 0.15) is 0 Å². The molecule has 0 spiro atoms. The van der Waals surface area contributed by atoms with Crippen molar-refractivity contribution in [3.63, 3.8) is 0 Å². The van der Waals surface area contributed by atoms with Crippen LogP contribution < -0.4 is 0 Å². The van der Waals surface area contributed by atoms with Crippen molar-refractivity contribution < 1.29 is 0 Å². The lowest BCUT2D eigenvalue weighted by Gasteiger charge is -2.14. The van der Waals surface area contributed by atoms with Gasteiger partial charge in [-0.1, -0.05) is 158 Å². The minimum absolute atomic E-state index is 0.703. The Hall–Kier alpha value is -6.68. The minimum atomic E-state index is 0.703. The summed E-state index contributed by atoms with van der Waals surface area (Å²) >= 11 is 1.85. The summed E-state index contributed by atoms with van der Waals surface area (Å²) < 4.78 is 2.59. The molecule has 0 unspecified atom stereocenters. The summed E-state index contributed by atoms with van der Waals surface area (Å²) in [7, 11) is 0. The van der Waals surface area contributed by atoms with E-state index in [1.807, 2.05) is 29.5 Å². The fraction of sp³-hybridized carbons (Fsp3) is 0. The molecule has 0 N–H and O–H groups in total. The minimum Gasteiger partial charge on any atom is -0.228 e. The second kappa shape index (κ2) is 13.1. The van der Waals surface area contributed by atoms with Crippen molar-refractivity contribution in [3.05, 3.63) is 194 Å². The van der Waals surface area contributed by atoms with Gasteiger partial charge in [-0.05, 0) is 80.6 Å². The molecule has 0 saturated heterocycles. The molecule has 0 saturated carbocycles. The van der Waals surface area contributed by atoms with E-state index < -0.39 is 0 Å². The zero-order chi connectivity index (χ0) is 35.1. The van der Waals surface area contributed by atoms with E-state index >= 15 is 0 Å². The number of hydrogen-bond donors (Lipinski definition) is 0. The van der Waals surface area contributed by atoms with E-state index in [2.05, 4.69) is 176 Å². The molecule has 53 heavy (non-hydrogen) atoms. The summed E-state index contributed by atoms with van der Waals surface area (Å²) in [4.78, 5) is 10.4. The molecule has 0 fully saturated rings. The first-order valence-electron chi connectivity index (χ1n) is 17.9. The highest BCUT2D eigenvalue weighted by atomic mass is 32.1. The molecule has 0 aliphatic carbocycles. The highest BCUT2D eigenvalue weighted by molar-refractivity contribution is 7.25. The maximum absolute atomic E-state index is 5.26. The molecule has 0 bridgehead atoms. The third-order valence-electron chi connectivity index (χ3n) is 10.1. The molecule has 10 rings (SSSR count). The third kappa shape index (κ3) is 5.78. The highest BCUT2D eigenvalue weighted by Crippen LogP contribution is 2.42. The summed E-state index contributed by atoms with van der Waals surface area (Å²) in [6.07, 6.45) is 0. The van der Waals surface area contributed by atoms with E-state index in [1.165, 1.54) is 53.2 Å². The second-order valence-corrected chi connectivity index (χ2v) is 14.5. The number of nitrogens with zero attached hydrogens (tertiary/aromatic N) is 2. The number of fused-ring (bicyclic) bond motifs is 4. The molecule has 0 amide bonds. The van der Waals surface area contributed by atoms with E-state index in [0.29, 0.717) is 5.82 Å². The zero-order valence-corrected chi connectivity index (χ0v) is 29.6. The molecule has 248 valence electrons. The maximum Gasteiger partial charge on any atom is 0.160 e. The molecule has 2 nitrogen and oxygen atoms in total. The van der Waals surface area contributed by atoms with Gasteiger partial charge in [-0.25, -0.2) is 9.97 Å². The second-order valence-electron chi connectivity index (χ2n) is 13.4. The first-order chi connectivity index (χ1) is 26.2. The molecule has 8 aromatic carbocycles. The highest BCUT2D eigenvalue weighted by Gasteiger charge is 2.16. The molecule has 0 atom stereocenters.